The van der Waals surface area contributed by atoms with Crippen molar-refractivity contribution < 1.29 is 17.7 Å². The number of nitrogens with zero attached hydrogens (tertiary/aromatic N) is 1. The molecule has 0 amide bonds. The van der Waals surface area contributed by atoms with Crippen molar-refractivity contribution in [3.05, 3.63) is 93.0 Å². The van der Waals surface area contributed by atoms with Gasteiger partial charge in [0.1, 0.15) is 17.5 Å². The van der Waals surface area contributed by atoms with Crippen LogP contribution < -0.4 is 0 Å². The van der Waals surface area contributed by atoms with E-state index in [0.29, 0.717) is 0 Å². The second-order valence-corrected chi connectivity index (χ2v) is 13.2. The molecule has 2 heterocycles. The molecule has 0 saturated heterocycles. The maximum Gasteiger partial charge on any atom is 0.393 e. The number of halogens is 3. The van der Waals surface area contributed by atoms with Gasteiger partial charge in [-0.2, -0.15) is 13.2 Å². The van der Waals surface area contributed by atoms with Crippen LogP contribution in [0.1, 0.15) is 85.7 Å². The molecule has 0 N–H and O–H groups in total. The van der Waals surface area contributed by atoms with E-state index < -0.39 is 11.6 Å². The van der Waals surface area contributed by atoms with E-state index in [1.165, 1.54) is 35.7 Å². The molecule has 0 aliphatic carbocycles. The van der Waals surface area contributed by atoms with Crippen molar-refractivity contribution >= 4 is 45.0 Å². The average Bonchev–Trinajstić information content (AvgIpc) is 3.29. The van der Waals surface area contributed by atoms with Gasteiger partial charge in [0.15, 0.2) is 15.6 Å². The fourth-order valence-corrected chi connectivity index (χ4v) is 7.40. The number of rotatable bonds is 6. The first-order chi connectivity index (χ1) is 18.7. The lowest BCUT2D eigenvalue weighted by molar-refractivity contribution is -0.417. The molecule has 1 aromatic heterocycles. The van der Waals surface area contributed by atoms with E-state index in [1.54, 1.807) is 11.3 Å². The monoisotopic (exact) mass is 561 g/mol. The maximum absolute atomic E-state index is 13.7. The molecule has 1 nitrogen and oxygen atoms in total. The van der Waals surface area contributed by atoms with Crippen LogP contribution in [-0.4, -0.2) is 17.5 Å². The number of aryl methyl sites for hydroxylation is 2. The summed E-state index contributed by atoms with van der Waals surface area (Å²) in [5, 5.41) is 3.62. The topological polar surface area (TPSA) is 3.01 Å². The Morgan fingerprint density at radius 3 is 2.23 bits per heavy atom. The second-order valence-electron chi connectivity index (χ2n) is 12.2. The lowest BCUT2D eigenvalue weighted by Gasteiger charge is -2.33. The van der Waals surface area contributed by atoms with E-state index in [0.717, 1.165) is 56.1 Å². The lowest BCUT2D eigenvalue weighted by Crippen LogP contribution is -2.34. The molecule has 40 heavy (non-hydrogen) atoms. The summed E-state index contributed by atoms with van der Waals surface area (Å²) in [6, 6.07) is 16.0. The Kier molecular flexibility index (Phi) is 6.97. The first-order valence-electron chi connectivity index (χ1n) is 14.0. The number of fused-ring (bicyclic) bond motifs is 4. The number of benzene rings is 3. The first-order valence-corrected chi connectivity index (χ1v) is 14.9. The molecule has 5 heteroatoms. The standard InChI is InChI=1S/C35H38F3NS/c1-9-34(7,10-2)29-19-28(22(4)24-13-11-12-14-25(24)29)30-32-27(17-18-39(30)8)26-16-15-23(21(3)31(26)40-32)20-33(5,6)35(36,37)38/h11-19H,8-10,20H2,1-7H3. The molecule has 0 fully saturated rings. The van der Waals surface area contributed by atoms with Gasteiger partial charge in [0.05, 0.1) is 12.1 Å². The molecule has 1 aliphatic rings. The van der Waals surface area contributed by atoms with Crippen molar-refractivity contribution in [3.8, 4) is 0 Å². The van der Waals surface area contributed by atoms with Crippen molar-refractivity contribution in [2.75, 3.05) is 0 Å². The minimum absolute atomic E-state index is 0.0267. The third kappa shape index (κ3) is 4.38. The first kappa shape index (κ1) is 28.5. The van der Waals surface area contributed by atoms with Crippen LogP contribution >= 0.6 is 11.3 Å². The van der Waals surface area contributed by atoms with E-state index in [-0.39, 0.29) is 11.8 Å². The SMILES string of the molecule is C=[N+]1C=Cc2c([s+][c-]3c(C)c(CC(C)(C)C(F)(F)F)ccc23)[C-]1c1cc(C(C)(CC)CC)c2ccccc2c1C. The molecule has 0 spiro atoms. The van der Waals surface area contributed by atoms with Crippen molar-refractivity contribution in [3.63, 3.8) is 0 Å². The van der Waals surface area contributed by atoms with E-state index in [9.17, 15) is 13.2 Å². The minimum atomic E-state index is -4.27. The number of alkyl halides is 3. The summed E-state index contributed by atoms with van der Waals surface area (Å²) in [4.78, 5) is 1.11. The minimum Gasteiger partial charge on any atom is -0.257 e. The van der Waals surface area contributed by atoms with Gasteiger partial charge in [-0.1, -0.05) is 88.4 Å². The van der Waals surface area contributed by atoms with Crippen LogP contribution in [-0.2, 0) is 11.8 Å². The van der Waals surface area contributed by atoms with Crippen LogP contribution in [0.3, 0.4) is 0 Å². The van der Waals surface area contributed by atoms with Gasteiger partial charge in [0.2, 0.25) is 0 Å². The molecule has 4 aromatic rings. The highest BCUT2D eigenvalue weighted by atomic mass is 32.1. The molecule has 0 bridgehead atoms. The van der Waals surface area contributed by atoms with Crippen LogP contribution in [0.5, 0.6) is 0 Å². The molecule has 1 aliphatic heterocycles. The zero-order valence-electron chi connectivity index (χ0n) is 24.5. The van der Waals surface area contributed by atoms with Gasteiger partial charge in [-0.05, 0) is 65.1 Å². The summed E-state index contributed by atoms with van der Waals surface area (Å²) >= 11 is 1.67. The highest BCUT2D eigenvalue weighted by molar-refractivity contribution is 7.20. The number of hydrogen-bond acceptors (Lipinski definition) is 0. The van der Waals surface area contributed by atoms with E-state index in [1.807, 2.05) is 29.8 Å². The zero-order valence-corrected chi connectivity index (χ0v) is 25.3. The van der Waals surface area contributed by atoms with Gasteiger partial charge < -0.3 is 0 Å². The lowest BCUT2D eigenvalue weighted by atomic mass is 9.74. The summed E-state index contributed by atoms with van der Waals surface area (Å²) in [6.45, 7) is 18.0. The van der Waals surface area contributed by atoms with Gasteiger partial charge in [-0.15, -0.1) is 17.7 Å². The van der Waals surface area contributed by atoms with Crippen LogP contribution in [0.25, 0.3) is 26.9 Å². The largest absolute Gasteiger partial charge is 0.393 e. The van der Waals surface area contributed by atoms with Crippen LogP contribution in [0.4, 0.5) is 13.2 Å². The van der Waals surface area contributed by atoms with Gasteiger partial charge in [0, 0.05) is 0 Å². The van der Waals surface area contributed by atoms with Crippen LogP contribution in [0, 0.1) is 25.3 Å². The average molecular weight is 562 g/mol. The number of thiophene rings is 1. The third-order valence-electron chi connectivity index (χ3n) is 9.36. The van der Waals surface area contributed by atoms with Crippen LogP contribution in [0.2, 0.25) is 0 Å². The zero-order chi connectivity index (χ0) is 29.2. The molecule has 210 valence electrons. The van der Waals surface area contributed by atoms with Crippen molar-refractivity contribution in [2.24, 2.45) is 5.41 Å². The molecule has 0 saturated carbocycles. The van der Waals surface area contributed by atoms with Crippen molar-refractivity contribution in [1.82, 2.24) is 0 Å². The third-order valence-corrected chi connectivity index (χ3v) is 10.7. The summed E-state index contributed by atoms with van der Waals surface area (Å²) in [7, 11) is 0. The van der Waals surface area contributed by atoms with Gasteiger partial charge in [-0.25, -0.2) is 0 Å². The molecule has 0 radical (unpaired) electrons. The van der Waals surface area contributed by atoms with E-state index in [2.05, 4.69) is 70.8 Å². The summed E-state index contributed by atoms with van der Waals surface area (Å²) in [6.07, 6.45) is 1.84. The summed E-state index contributed by atoms with van der Waals surface area (Å²) < 4.78 is 44.2. The molecule has 0 unspecified atom stereocenters. The van der Waals surface area contributed by atoms with Gasteiger partial charge in [-0.3, -0.25) is 4.58 Å². The Labute approximate surface area is 240 Å². The van der Waals surface area contributed by atoms with Crippen molar-refractivity contribution in [1.29, 1.82) is 0 Å². The maximum atomic E-state index is 13.7. The highest BCUT2D eigenvalue weighted by Crippen LogP contribution is 2.48. The van der Waals surface area contributed by atoms with Gasteiger partial charge in [0.25, 0.3) is 0 Å². The van der Waals surface area contributed by atoms with Gasteiger partial charge >= 0.3 is 6.18 Å². The second kappa shape index (κ2) is 9.80. The molecular formula is C35H38F3NS. The summed E-state index contributed by atoms with van der Waals surface area (Å²) in [5.41, 5.74) is 4.73. The predicted molar refractivity (Wildman–Crippen MR) is 165 cm³/mol. The quantitative estimate of drug-likeness (QED) is 0.125. The Hall–Kier alpha value is -3.05. The fourth-order valence-electron chi connectivity index (χ4n) is 6.01. The van der Waals surface area contributed by atoms with Crippen molar-refractivity contribution in [2.45, 2.75) is 79.3 Å². The molecule has 0 atom stereocenters. The van der Waals surface area contributed by atoms with Crippen LogP contribution in [0.15, 0.2) is 48.7 Å². The fraction of sp³-hybridized carbons (Fsp3) is 0.371. The number of hydrogen-bond donors (Lipinski definition) is 0. The molecule has 3 aromatic carbocycles. The Morgan fingerprint density at radius 1 is 0.950 bits per heavy atom. The predicted octanol–water partition coefficient (Wildman–Crippen LogP) is 10.5. The molecular weight excluding hydrogens is 523 g/mol. The Balaban J connectivity index is 1.73. The normalized spacial score (nSPS) is 14.4. The Morgan fingerprint density at radius 2 is 1.60 bits per heavy atom. The smallest absolute Gasteiger partial charge is 0.257 e. The van der Waals surface area contributed by atoms with E-state index in [4.69, 9.17) is 0 Å². The highest BCUT2D eigenvalue weighted by Gasteiger charge is 2.46. The van der Waals surface area contributed by atoms with E-state index >= 15 is 0 Å². The Bertz CT molecular complexity index is 1660. The summed E-state index contributed by atoms with van der Waals surface area (Å²) in [5.74, 6) is 0. The molecule has 5 rings (SSSR count).